The van der Waals surface area contributed by atoms with Crippen molar-refractivity contribution in [1.29, 1.82) is 0 Å². The van der Waals surface area contributed by atoms with Gasteiger partial charge in [-0.2, -0.15) is 0 Å². The van der Waals surface area contributed by atoms with E-state index in [2.05, 4.69) is 17.6 Å². The van der Waals surface area contributed by atoms with Crippen LogP contribution in [0.5, 0.6) is 0 Å². The molecule has 0 radical (unpaired) electrons. The number of thioether (sulfide) groups is 1. The molecule has 5 N–H and O–H groups in total. The van der Waals surface area contributed by atoms with Gasteiger partial charge in [-0.05, 0) is 24.8 Å². The number of aliphatic carboxylic acids is 2. The average Bonchev–Trinajstić information content (AvgIpc) is 2.80. The van der Waals surface area contributed by atoms with Gasteiger partial charge in [-0.3, -0.25) is 19.3 Å². The molecule has 3 atom stereocenters. The number of carboxylic acid groups (broad SMARTS) is 2. The minimum Gasteiger partial charge on any atom is -0.480 e. The molecule has 0 aromatic heterocycles. The van der Waals surface area contributed by atoms with E-state index in [4.69, 9.17) is 0 Å². The molecule has 190 valence electrons. The number of unbranched alkanes of at least 4 members (excludes halogenated alkanes) is 4. The maximum atomic E-state index is 12.4. The minimum absolute atomic E-state index is 0.0403. The molecular formula is C22H33N3O8S. The zero-order valence-electron chi connectivity index (χ0n) is 19.2. The number of hydrogen-bond donors (Lipinski definition) is 5. The smallest absolute Gasteiger partial charge is 0.352 e. The fourth-order valence-corrected chi connectivity index (χ4v) is 5.27. The number of β-lactam (4-membered cyclic amide) rings is 1. The molecule has 0 spiro atoms. The van der Waals surface area contributed by atoms with E-state index in [1.807, 2.05) is 0 Å². The fourth-order valence-electron chi connectivity index (χ4n) is 3.93. The Hall–Kier alpha value is -2.60. The molecule has 3 amide bonds. The number of nitrogens with zero attached hydrogens (tertiary/aromatic N) is 1. The summed E-state index contributed by atoms with van der Waals surface area (Å²) in [5.41, 5.74) is 0.00162. The third-order valence-electron chi connectivity index (χ3n) is 5.79. The van der Waals surface area contributed by atoms with Gasteiger partial charge in [-0.1, -0.05) is 32.6 Å². The van der Waals surface area contributed by atoms with E-state index < -0.39 is 47.8 Å². The second-order valence-electron chi connectivity index (χ2n) is 8.39. The summed E-state index contributed by atoms with van der Waals surface area (Å²) in [6, 6.07) is -1.97. The van der Waals surface area contributed by atoms with E-state index >= 15 is 0 Å². The molecule has 1 fully saturated rings. The molecule has 0 saturated carbocycles. The second-order valence-corrected chi connectivity index (χ2v) is 9.49. The molecule has 2 aliphatic heterocycles. The Morgan fingerprint density at radius 3 is 2.35 bits per heavy atom. The van der Waals surface area contributed by atoms with Crippen molar-refractivity contribution in [3.05, 3.63) is 11.3 Å². The monoisotopic (exact) mass is 499 g/mol. The topological polar surface area (TPSA) is 173 Å². The Kier molecular flexibility index (Phi) is 10.8. The van der Waals surface area contributed by atoms with Crippen LogP contribution in [0.1, 0.15) is 64.7 Å². The van der Waals surface area contributed by atoms with Crippen molar-refractivity contribution < 1.29 is 39.3 Å². The molecule has 2 aliphatic rings. The highest BCUT2D eigenvalue weighted by molar-refractivity contribution is 8.00. The van der Waals surface area contributed by atoms with Crippen LogP contribution < -0.4 is 10.6 Å². The Morgan fingerprint density at radius 1 is 1.06 bits per heavy atom. The molecule has 1 saturated heterocycles. The van der Waals surface area contributed by atoms with Crippen LogP contribution in [0.2, 0.25) is 0 Å². The lowest BCUT2D eigenvalue weighted by atomic mass is 10.0. The summed E-state index contributed by atoms with van der Waals surface area (Å²) >= 11 is 1.25. The highest BCUT2D eigenvalue weighted by Gasteiger charge is 2.54. The summed E-state index contributed by atoms with van der Waals surface area (Å²) in [6.45, 7) is 1.63. The van der Waals surface area contributed by atoms with Gasteiger partial charge >= 0.3 is 11.9 Å². The van der Waals surface area contributed by atoms with Gasteiger partial charge in [0, 0.05) is 18.6 Å². The Labute approximate surface area is 202 Å². The van der Waals surface area contributed by atoms with Gasteiger partial charge in [-0.15, -0.1) is 11.8 Å². The molecule has 2 rings (SSSR count). The third kappa shape index (κ3) is 7.20. The highest BCUT2D eigenvalue weighted by atomic mass is 32.2. The van der Waals surface area contributed by atoms with Crippen molar-refractivity contribution in [3.63, 3.8) is 0 Å². The van der Waals surface area contributed by atoms with Crippen molar-refractivity contribution in [2.45, 2.75) is 82.2 Å². The van der Waals surface area contributed by atoms with Crippen LogP contribution in [-0.4, -0.2) is 79.7 Å². The number of carbonyl (C=O) groups is 5. The molecule has 2 heterocycles. The third-order valence-corrected chi connectivity index (χ3v) is 7.13. The fraction of sp³-hybridized carbons (Fsp3) is 0.682. The van der Waals surface area contributed by atoms with Gasteiger partial charge in [0.1, 0.15) is 23.2 Å². The summed E-state index contributed by atoms with van der Waals surface area (Å²) in [7, 11) is 0. The van der Waals surface area contributed by atoms with Crippen LogP contribution in [0.15, 0.2) is 11.3 Å². The molecule has 0 bridgehead atoms. The SMILES string of the molecule is CCCCCCCC(=O)NC(CCCC(=O)N[C@@H]1C(=O)N2C(C(=O)O)=C(CO)CS[C@@H]12)C(=O)O. The van der Waals surface area contributed by atoms with E-state index in [9.17, 15) is 39.3 Å². The van der Waals surface area contributed by atoms with Crippen molar-refractivity contribution >= 4 is 41.4 Å². The first-order valence-corrected chi connectivity index (χ1v) is 12.6. The molecule has 0 aromatic carbocycles. The lowest BCUT2D eigenvalue weighted by Crippen LogP contribution is -2.70. The summed E-state index contributed by atoms with van der Waals surface area (Å²) in [6.07, 6.45) is 5.34. The number of hydrogen-bond acceptors (Lipinski definition) is 7. The van der Waals surface area contributed by atoms with Crippen LogP contribution in [0.3, 0.4) is 0 Å². The van der Waals surface area contributed by atoms with Gasteiger partial charge in [-0.25, -0.2) is 9.59 Å². The number of aliphatic hydroxyl groups excluding tert-OH is 1. The Bertz CT molecular complexity index is 831. The predicted octanol–water partition coefficient (Wildman–Crippen LogP) is 0.818. The number of fused-ring (bicyclic) bond motifs is 1. The summed E-state index contributed by atoms with van der Waals surface area (Å²) in [5.74, 6) is -3.60. The van der Waals surface area contributed by atoms with E-state index in [1.165, 1.54) is 11.8 Å². The van der Waals surface area contributed by atoms with Crippen LogP contribution in [0, 0.1) is 0 Å². The van der Waals surface area contributed by atoms with Crippen LogP contribution in [0.4, 0.5) is 0 Å². The summed E-state index contributed by atoms with van der Waals surface area (Å²) in [5, 5.41) is 32.6. The van der Waals surface area contributed by atoms with Crippen LogP contribution in [-0.2, 0) is 24.0 Å². The number of rotatable bonds is 15. The van der Waals surface area contributed by atoms with E-state index in [0.29, 0.717) is 6.42 Å². The quantitative estimate of drug-likeness (QED) is 0.161. The van der Waals surface area contributed by atoms with Crippen LogP contribution in [0.25, 0.3) is 0 Å². The number of nitrogens with one attached hydrogen (secondary N) is 2. The number of aliphatic hydroxyl groups is 1. The summed E-state index contributed by atoms with van der Waals surface area (Å²) in [4.78, 5) is 60.8. The molecule has 1 unspecified atom stereocenters. The zero-order chi connectivity index (χ0) is 25.3. The Balaban J connectivity index is 1.77. The van der Waals surface area contributed by atoms with Gasteiger partial charge in [0.2, 0.25) is 11.8 Å². The lowest BCUT2D eigenvalue weighted by molar-refractivity contribution is -0.150. The van der Waals surface area contributed by atoms with Gasteiger partial charge < -0.3 is 26.0 Å². The van der Waals surface area contributed by atoms with Crippen LogP contribution >= 0.6 is 11.8 Å². The number of carbonyl (C=O) groups excluding carboxylic acids is 3. The predicted molar refractivity (Wildman–Crippen MR) is 124 cm³/mol. The maximum absolute atomic E-state index is 12.4. The molecule has 12 heteroatoms. The van der Waals surface area contributed by atoms with Gasteiger partial charge in [0.25, 0.3) is 5.91 Å². The van der Waals surface area contributed by atoms with Crippen molar-refractivity contribution in [3.8, 4) is 0 Å². The molecule has 34 heavy (non-hydrogen) atoms. The standard InChI is InChI=1S/C22H33N3O8S/c1-2-3-4-5-6-9-15(27)23-14(21(30)31)8-7-10-16(28)24-17-19(29)25-18(22(32)33)13(11-26)12-34-20(17)25/h14,17,20,26H,2-12H2,1H3,(H,23,27)(H,24,28)(H,30,31)(H,32,33)/t14?,17-,20+/m1/s1. The number of carboxylic acids is 2. The van der Waals surface area contributed by atoms with E-state index in [1.54, 1.807) is 0 Å². The second kappa shape index (κ2) is 13.3. The van der Waals surface area contributed by atoms with Crippen molar-refractivity contribution in [2.24, 2.45) is 0 Å². The first kappa shape index (κ1) is 27.6. The average molecular weight is 500 g/mol. The molecular weight excluding hydrogens is 466 g/mol. The molecule has 0 aromatic rings. The molecule has 11 nitrogen and oxygen atoms in total. The minimum atomic E-state index is -1.31. The highest BCUT2D eigenvalue weighted by Crippen LogP contribution is 2.40. The van der Waals surface area contributed by atoms with Crippen molar-refractivity contribution in [2.75, 3.05) is 12.4 Å². The summed E-state index contributed by atoms with van der Waals surface area (Å²) < 4.78 is 0. The first-order valence-electron chi connectivity index (χ1n) is 11.5. The maximum Gasteiger partial charge on any atom is 0.352 e. The zero-order valence-corrected chi connectivity index (χ0v) is 20.1. The number of amides is 3. The Morgan fingerprint density at radius 2 is 1.74 bits per heavy atom. The molecule has 0 aliphatic carbocycles. The van der Waals surface area contributed by atoms with Gasteiger partial charge in [0.05, 0.1) is 6.61 Å². The van der Waals surface area contributed by atoms with E-state index in [-0.39, 0.29) is 48.6 Å². The van der Waals surface area contributed by atoms with Crippen molar-refractivity contribution in [1.82, 2.24) is 15.5 Å². The lowest BCUT2D eigenvalue weighted by Gasteiger charge is -2.49. The first-order chi connectivity index (χ1) is 16.2. The normalized spacial score (nSPS) is 20.3. The van der Waals surface area contributed by atoms with E-state index in [0.717, 1.165) is 30.6 Å². The van der Waals surface area contributed by atoms with Gasteiger partial charge in [0.15, 0.2) is 0 Å². The largest absolute Gasteiger partial charge is 0.480 e.